The van der Waals surface area contributed by atoms with Crippen LogP contribution in [0.3, 0.4) is 0 Å². The average Bonchev–Trinajstić information content (AvgIpc) is 2.24. The molecule has 1 aromatic carbocycles. The summed E-state index contributed by atoms with van der Waals surface area (Å²) in [7, 11) is 0. The zero-order valence-corrected chi connectivity index (χ0v) is 11.8. The smallest absolute Gasteiger partial charge is 0.0216 e. The van der Waals surface area contributed by atoms with Gasteiger partial charge in [0.25, 0.3) is 0 Å². The number of hydrogen-bond acceptors (Lipinski definition) is 1. The maximum Gasteiger partial charge on any atom is 0.0216 e. The van der Waals surface area contributed by atoms with Crippen LogP contribution in [0, 0.1) is 10.5 Å². The second-order valence-corrected chi connectivity index (χ2v) is 5.01. The van der Waals surface area contributed by atoms with Crippen LogP contribution in [-0.4, -0.2) is 6.54 Å². The van der Waals surface area contributed by atoms with Gasteiger partial charge < -0.3 is 5.32 Å². The quantitative estimate of drug-likeness (QED) is 0.620. The van der Waals surface area contributed by atoms with E-state index in [2.05, 4.69) is 60.0 Å². The molecule has 84 valence electrons. The molecule has 0 aliphatic rings. The normalized spacial score (nSPS) is 10.6. The number of benzene rings is 1. The molecule has 2 heteroatoms. The zero-order valence-electron chi connectivity index (χ0n) is 9.65. The number of unbranched alkanes of at least 4 members (excludes halogenated alkanes) is 2. The Balaban J connectivity index is 2.34. The van der Waals surface area contributed by atoms with Crippen molar-refractivity contribution >= 4 is 22.6 Å². The Kier molecular flexibility index (Phi) is 6.25. The highest BCUT2D eigenvalue weighted by Gasteiger charge is 2.00. The van der Waals surface area contributed by atoms with Crippen molar-refractivity contribution < 1.29 is 0 Å². The molecular weight excluding hydrogens is 297 g/mol. The van der Waals surface area contributed by atoms with Crippen LogP contribution in [-0.2, 0) is 6.54 Å². The summed E-state index contributed by atoms with van der Waals surface area (Å²) in [6.45, 7) is 6.55. The van der Waals surface area contributed by atoms with Gasteiger partial charge in [0, 0.05) is 10.1 Å². The second-order valence-electron chi connectivity index (χ2n) is 3.93. The highest BCUT2D eigenvalue weighted by molar-refractivity contribution is 14.1. The summed E-state index contributed by atoms with van der Waals surface area (Å²) in [4.78, 5) is 0. The van der Waals surface area contributed by atoms with Crippen molar-refractivity contribution in [3.05, 3.63) is 32.9 Å². The Bertz CT molecular complexity index is 297. The summed E-state index contributed by atoms with van der Waals surface area (Å²) in [5.74, 6) is 0. The fourth-order valence-corrected chi connectivity index (χ4v) is 2.12. The summed E-state index contributed by atoms with van der Waals surface area (Å²) in [5, 5.41) is 3.50. The van der Waals surface area contributed by atoms with Gasteiger partial charge in [0.05, 0.1) is 0 Å². The molecular formula is C13H20IN. The molecule has 1 rings (SSSR count). The second kappa shape index (κ2) is 7.23. The Hall–Kier alpha value is -0.0900. The lowest BCUT2D eigenvalue weighted by Gasteiger charge is -2.08. The van der Waals surface area contributed by atoms with Crippen LogP contribution in [0.5, 0.6) is 0 Å². The van der Waals surface area contributed by atoms with E-state index < -0.39 is 0 Å². The molecule has 0 unspecified atom stereocenters. The van der Waals surface area contributed by atoms with Crippen molar-refractivity contribution in [3.8, 4) is 0 Å². The summed E-state index contributed by atoms with van der Waals surface area (Å²) in [6, 6.07) is 6.52. The van der Waals surface area contributed by atoms with E-state index in [1.807, 2.05) is 0 Å². The van der Waals surface area contributed by atoms with E-state index >= 15 is 0 Å². The molecule has 0 saturated carbocycles. The largest absolute Gasteiger partial charge is 0.313 e. The third-order valence-corrected chi connectivity index (χ3v) is 4.09. The van der Waals surface area contributed by atoms with Gasteiger partial charge in [0.15, 0.2) is 0 Å². The van der Waals surface area contributed by atoms with Gasteiger partial charge in [-0.1, -0.05) is 38.0 Å². The average molecular weight is 317 g/mol. The van der Waals surface area contributed by atoms with E-state index in [1.165, 1.54) is 34.0 Å². The van der Waals surface area contributed by atoms with Gasteiger partial charge in [-0.25, -0.2) is 0 Å². The fraction of sp³-hybridized carbons (Fsp3) is 0.538. The summed E-state index contributed by atoms with van der Waals surface area (Å²) in [6.07, 6.45) is 3.92. The number of rotatable bonds is 6. The summed E-state index contributed by atoms with van der Waals surface area (Å²) in [5.41, 5.74) is 2.80. The van der Waals surface area contributed by atoms with Gasteiger partial charge in [-0.05, 0) is 53.6 Å². The van der Waals surface area contributed by atoms with Gasteiger partial charge in [-0.15, -0.1) is 0 Å². The van der Waals surface area contributed by atoms with Crippen molar-refractivity contribution in [2.24, 2.45) is 0 Å². The molecule has 0 fully saturated rings. The first-order valence-corrected chi connectivity index (χ1v) is 6.78. The lowest BCUT2D eigenvalue weighted by atomic mass is 10.1. The highest BCUT2D eigenvalue weighted by atomic mass is 127. The molecule has 1 aromatic rings. The van der Waals surface area contributed by atoms with Crippen molar-refractivity contribution in [2.75, 3.05) is 6.54 Å². The third kappa shape index (κ3) is 4.51. The maximum absolute atomic E-state index is 3.50. The van der Waals surface area contributed by atoms with Gasteiger partial charge >= 0.3 is 0 Å². The summed E-state index contributed by atoms with van der Waals surface area (Å²) >= 11 is 2.43. The molecule has 0 saturated heterocycles. The molecule has 0 bridgehead atoms. The maximum atomic E-state index is 3.50. The van der Waals surface area contributed by atoms with E-state index in [9.17, 15) is 0 Å². The predicted molar refractivity (Wildman–Crippen MR) is 75.1 cm³/mol. The van der Waals surface area contributed by atoms with E-state index in [0.717, 1.165) is 13.1 Å². The zero-order chi connectivity index (χ0) is 11.1. The number of halogens is 1. The van der Waals surface area contributed by atoms with Crippen molar-refractivity contribution in [1.82, 2.24) is 5.32 Å². The minimum absolute atomic E-state index is 1.00. The van der Waals surface area contributed by atoms with Crippen molar-refractivity contribution in [2.45, 2.75) is 39.7 Å². The van der Waals surface area contributed by atoms with E-state index in [-0.39, 0.29) is 0 Å². The van der Waals surface area contributed by atoms with Crippen LogP contribution >= 0.6 is 22.6 Å². The molecule has 0 spiro atoms. The van der Waals surface area contributed by atoms with E-state index in [1.54, 1.807) is 0 Å². The third-order valence-electron chi connectivity index (χ3n) is 2.54. The lowest BCUT2D eigenvalue weighted by Crippen LogP contribution is -2.15. The molecule has 0 amide bonds. The van der Waals surface area contributed by atoms with Gasteiger partial charge in [-0.3, -0.25) is 0 Å². The Morgan fingerprint density at radius 3 is 2.80 bits per heavy atom. The molecule has 0 aliphatic heterocycles. The number of hydrogen-bond donors (Lipinski definition) is 1. The van der Waals surface area contributed by atoms with Crippen LogP contribution in [0.25, 0.3) is 0 Å². The molecule has 0 aliphatic carbocycles. The molecule has 0 radical (unpaired) electrons. The van der Waals surface area contributed by atoms with Crippen molar-refractivity contribution in [3.63, 3.8) is 0 Å². The molecule has 0 aromatic heterocycles. The van der Waals surface area contributed by atoms with Gasteiger partial charge in [0.1, 0.15) is 0 Å². The summed E-state index contributed by atoms with van der Waals surface area (Å²) < 4.78 is 1.40. The molecule has 0 atom stereocenters. The first-order chi connectivity index (χ1) is 7.25. The Labute approximate surface area is 107 Å². The first kappa shape index (κ1) is 13.0. The van der Waals surface area contributed by atoms with E-state index in [4.69, 9.17) is 0 Å². The van der Waals surface area contributed by atoms with Crippen molar-refractivity contribution in [1.29, 1.82) is 0 Å². The fourth-order valence-electron chi connectivity index (χ4n) is 1.57. The predicted octanol–water partition coefficient (Wildman–Crippen LogP) is 3.88. The van der Waals surface area contributed by atoms with Gasteiger partial charge in [-0.2, -0.15) is 0 Å². The highest BCUT2D eigenvalue weighted by Crippen LogP contribution is 2.16. The number of aryl methyl sites for hydroxylation is 1. The van der Waals surface area contributed by atoms with Crippen LogP contribution in [0.1, 0.15) is 37.3 Å². The van der Waals surface area contributed by atoms with E-state index in [0.29, 0.717) is 0 Å². The van der Waals surface area contributed by atoms with Crippen LogP contribution in [0.15, 0.2) is 18.2 Å². The standard InChI is InChI=1S/C13H20IN/c1-3-4-5-9-15-10-12-8-6-7-11(2)13(12)14/h6-8,15H,3-5,9-10H2,1-2H3. The van der Waals surface area contributed by atoms with Crippen LogP contribution in [0.4, 0.5) is 0 Å². The van der Waals surface area contributed by atoms with Crippen LogP contribution in [0.2, 0.25) is 0 Å². The lowest BCUT2D eigenvalue weighted by molar-refractivity contribution is 0.615. The molecule has 0 heterocycles. The number of nitrogens with one attached hydrogen (secondary N) is 1. The first-order valence-electron chi connectivity index (χ1n) is 5.70. The van der Waals surface area contributed by atoms with Gasteiger partial charge in [0.2, 0.25) is 0 Å². The van der Waals surface area contributed by atoms with Crippen LogP contribution < -0.4 is 5.32 Å². The SMILES string of the molecule is CCCCCNCc1cccc(C)c1I. The molecule has 1 N–H and O–H groups in total. The Morgan fingerprint density at radius 2 is 2.07 bits per heavy atom. The Morgan fingerprint density at radius 1 is 1.27 bits per heavy atom. The minimum Gasteiger partial charge on any atom is -0.313 e. The monoisotopic (exact) mass is 317 g/mol. The minimum atomic E-state index is 1.00. The molecule has 15 heavy (non-hydrogen) atoms. The topological polar surface area (TPSA) is 12.0 Å². The molecule has 1 nitrogen and oxygen atoms in total.